The monoisotopic (exact) mass is 704 g/mol. The van der Waals surface area contributed by atoms with Crippen LogP contribution in [0.25, 0.3) is 44.2 Å². The first kappa shape index (κ1) is 32.8. The van der Waals surface area contributed by atoms with Crippen molar-refractivity contribution in [3.05, 3.63) is 139 Å². The Hall–Kier alpha value is -2.61. The van der Waals surface area contributed by atoms with Crippen LogP contribution in [0.2, 0.25) is 0 Å². The van der Waals surface area contributed by atoms with E-state index >= 15 is 0 Å². The third-order valence-corrected chi connectivity index (χ3v) is 9.39. The topological polar surface area (TPSA) is 0 Å². The van der Waals surface area contributed by atoms with Crippen LogP contribution in [0.5, 0.6) is 0 Å². The first-order chi connectivity index (χ1) is 21.2. The molecular formula is C40H36Cl2SiZr. The molecule has 0 spiro atoms. The molecule has 0 saturated heterocycles. The minimum absolute atomic E-state index is 0.146. The van der Waals surface area contributed by atoms with Crippen LogP contribution in [0.4, 0.5) is 0 Å². The van der Waals surface area contributed by atoms with Crippen molar-refractivity contribution in [3.63, 3.8) is 0 Å². The molecule has 4 heteroatoms. The van der Waals surface area contributed by atoms with E-state index in [9.17, 15) is 0 Å². The number of hydrogen-bond donors (Lipinski definition) is 0. The zero-order valence-electron chi connectivity index (χ0n) is 25.9. The van der Waals surface area contributed by atoms with Gasteiger partial charge in [0.05, 0.1) is 9.52 Å². The molecule has 0 fully saturated rings. The fraction of sp³-hybridized carbons (Fsp3) is 0.175. The molecule has 6 aromatic carbocycles. The number of halogens is 2. The number of rotatable bonds is 3. The largest absolute Gasteiger partial charge is 0.184 e. The Balaban J connectivity index is 0.000000198. The molecule has 0 aromatic heterocycles. The SMILES string of the molecule is CC(C)c1ccc2[cH-]c(C(C)(C)C)cc2c1-c1ccccc1-c1ccccc1.[Cl][Zr+2][Cl].[c-]1cccc2c1[Si]c1ccccc1-2. The fourth-order valence-corrected chi connectivity index (χ4v) is 7.12. The van der Waals surface area contributed by atoms with E-state index in [1.54, 1.807) is 0 Å². The number of hydrogen-bond acceptors (Lipinski definition) is 0. The third-order valence-electron chi connectivity index (χ3n) is 8.02. The second kappa shape index (κ2) is 14.7. The van der Waals surface area contributed by atoms with Gasteiger partial charge < -0.3 is 0 Å². The molecule has 44 heavy (non-hydrogen) atoms. The summed E-state index contributed by atoms with van der Waals surface area (Å²) in [6, 6.07) is 47.2. The summed E-state index contributed by atoms with van der Waals surface area (Å²) in [5.41, 5.74) is 11.0. The number of benzene rings is 5. The van der Waals surface area contributed by atoms with Gasteiger partial charge in [-0.15, -0.1) is 40.1 Å². The van der Waals surface area contributed by atoms with E-state index in [0.29, 0.717) is 5.92 Å². The van der Waals surface area contributed by atoms with Gasteiger partial charge >= 0.3 is 37.9 Å². The molecule has 0 nitrogen and oxygen atoms in total. The van der Waals surface area contributed by atoms with Gasteiger partial charge in [0.2, 0.25) is 0 Å². The van der Waals surface area contributed by atoms with E-state index in [2.05, 4.69) is 156 Å². The minimum atomic E-state index is -0.826. The summed E-state index contributed by atoms with van der Waals surface area (Å²) in [5.74, 6) is 0.469. The maximum absolute atomic E-state index is 4.93. The molecule has 218 valence electrons. The van der Waals surface area contributed by atoms with Crippen LogP contribution < -0.4 is 10.4 Å². The maximum Gasteiger partial charge on any atom is 0.0920 e. The Bertz CT molecular complexity index is 1800. The molecule has 0 saturated carbocycles. The van der Waals surface area contributed by atoms with E-state index in [-0.39, 0.29) is 5.41 Å². The van der Waals surface area contributed by atoms with Crippen molar-refractivity contribution < 1.29 is 20.8 Å². The molecule has 2 radical (unpaired) electrons. The predicted octanol–water partition coefficient (Wildman–Crippen LogP) is 10.8. The van der Waals surface area contributed by atoms with Crippen LogP contribution in [0.1, 0.15) is 51.7 Å². The normalized spacial score (nSPS) is 11.5. The van der Waals surface area contributed by atoms with Crippen molar-refractivity contribution in [1.82, 2.24) is 0 Å². The Morgan fingerprint density at radius 1 is 0.727 bits per heavy atom. The summed E-state index contributed by atoms with van der Waals surface area (Å²) in [5, 5.41) is 5.54. The molecule has 1 aliphatic rings. The Labute approximate surface area is 284 Å². The van der Waals surface area contributed by atoms with Gasteiger partial charge in [0.25, 0.3) is 0 Å². The molecule has 7 rings (SSSR count). The van der Waals surface area contributed by atoms with Crippen molar-refractivity contribution in [1.29, 1.82) is 0 Å². The van der Waals surface area contributed by atoms with Gasteiger partial charge in [-0.1, -0.05) is 135 Å². The van der Waals surface area contributed by atoms with Gasteiger partial charge in [-0.2, -0.15) is 35.5 Å². The van der Waals surface area contributed by atoms with E-state index < -0.39 is 20.8 Å². The van der Waals surface area contributed by atoms with Gasteiger partial charge in [0.15, 0.2) is 0 Å². The van der Waals surface area contributed by atoms with Gasteiger partial charge in [-0.25, -0.2) is 0 Å². The molecule has 0 atom stereocenters. The van der Waals surface area contributed by atoms with Crippen LogP contribution in [-0.2, 0) is 26.3 Å². The second-order valence-corrected chi connectivity index (χ2v) is 17.3. The molecule has 0 N–H and O–H groups in total. The molecule has 0 aliphatic carbocycles. The number of fused-ring (bicyclic) bond motifs is 4. The quantitative estimate of drug-likeness (QED) is 0.127. The van der Waals surface area contributed by atoms with Crippen molar-refractivity contribution in [2.24, 2.45) is 0 Å². The van der Waals surface area contributed by atoms with E-state index in [1.807, 2.05) is 6.07 Å². The van der Waals surface area contributed by atoms with E-state index in [0.717, 1.165) is 9.52 Å². The summed E-state index contributed by atoms with van der Waals surface area (Å²) >= 11 is -0.826. The second-order valence-electron chi connectivity index (χ2n) is 12.3. The molecule has 0 bridgehead atoms. The summed E-state index contributed by atoms with van der Waals surface area (Å²) in [6.07, 6.45) is 0. The van der Waals surface area contributed by atoms with Crippen LogP contribution in [0.3, 0.4) is 0 Å². The van der Waals surface area contributed by atoms with Gasteiger partial charge in [-0.05, 0) is 28.0 Å². The van der Waals surface area contributed by atoms with Gasteiger partial charge in [0, 0.05) is 0 Å². The fourth-order valence-electron chi connectivity index (χ4n) is 5.81. The zero-order chi connectivity index (χ0) is 31.3. The van der Waals surface area contributed by atoms with Gasteiger partial charge in [-0.3, -0.25) is 0 Å². The van der Waals surface area contributed by atoms with Crippen LogP contribution >= 0.6 is 17.0 Å². The average molecular weight is 707 g/mol. The Morgan fingerprint density at radius 2 is 1.34 bits per heavy atom. The van der Waals surface area contributed by atoms with Crippen molar-refractivity contribution in [2.45, 2.75) is 46.0 Å². The summed E-state index contributed by atoms with van der Waals surface area (Å²) in [6.45, 7) is 11.5. The molecule has 0 amide bonds. The van der Waals surface area contributed by atoms with E-state index in [1.165, 1.54) is 65.7 Å². The van der Waals surface area contributed by atoms with Crippen molar-refractivity contribution >= 4 is 47.7 Å². The third kappa shape index (κ3) is 7.27. The van der Waals surface area contributed by atoms with Crippen LogP contribution in [-0.4, -0.2) is 9.52 Å². The summed E-state index contributed by atoms with van der Waals surface area (Å²) < 4.78 is 0. The predicted molar refractivity (Wildman–Crippen MR) is 191 cm³/mol. The summed E-state index contributed by atoms with van der Waals surface area (Å²) in [4.78, 5) is 0. The van der Waals surface area contributed by atoms with Crippen molar-refractivity contribution in [3.8, 4) is 33.4 Å². The van der Waals surface area contributed by atoms with Gasteiger partial charge in [0.1, 0.15) is 0 Å². The first-order valence-electron chi connectivity index (χ1n) is 14.9. The van der Waals surface area contributed by atoms with Crippen LogP contribution in [0, 0.1) is 6.07 Å². The van der Waals surface area contributed by atoms with E-state index in [4.69, 9.17) is 17.0 Å². The zero-order valence-corrected chi connectivity index (χ0v) is 30.9. The van der Waals surface area contributed by atoms with Crippen LogP contribution in [0.15, 0.2) is 121 Å². The molecular weight excluding hydrogens is 671 g/mol. The Morgan fingerprint density at radius 3 is 2.02 bits per heavy atom. The standard InChI is InChI=1S/C28H29.C12H7Si.2ClH.Zr/c1-19(2)23-16-15-21-17-22(28(3,4)5)18-26(21)27(23)25-14-10-9-13-24(25)20-11-7-6-8-12-20;1-3-7-11-9(5-1)10-6-2-4-8-12(10)13-11;;;/h6-19H,1-5H3;1-7H;2*1H;/q2*-1;;;+4/p-2. The molecule has 1 heterocycles. The molecule has 1 aliphatic heterocycles. The Kier molecular flexibility index (Phi) is 10.9. The molecule has 0 unspecified atom stereocenters. The minimum Gasteiger partial charge on any atom is -0.184 e. The maximum atomic E-state index is 4.93. The average Bonchev–Trinajstić information content (AvgIpc) is 3.64. The van der Waals surface area contributed by atoms with Crippen molar-refractivity contribution in [2.75, 3.05) is 0 Å². The molecule has 6 aromatic rings. The first-order valence-corrected chi connectivity index (χ1v) is 22.3. The summed E-state index contributed by atoms with van der Waals surface area (Å²) in [7, 11) is 10.7. The smallest absolute Gasteiger partial charge is 0.0920 e.